The molecule has 1 aliphatic rings. The summed E-state index contributed by atoms with van der Waals surface area (Å²) in [7, 11) is 1.57. The molecule has 0 spiro atoms. The number of methoxy groups -OCH3 is 1. The van der Waals surface area contributed by atoms with Crippen molar-refractivity contribution in [3.63, 3.8) is 0 Å². The molecule has 0 unspecified atom stereocenters. The monoisotopic (exact) mass is 341 g/mol. The van der Waals surface area contributed by atoms with Crippen molar-refractivity contribution in [2.24, 2.45) is 0 Å². The number of carbonyl (C=O) groups excluding carboxylic acids is 1. The Hall–Kier alpha value is -2.53. The molecule has 5 nitrogen and oxygen atoms in total. The van der Waals surface area contributed by atoms with Crippen molar-refractivity contribution in [2.45, 2.75) is 25.0 Å². The van der Waals surface area contributed by atoms with Crippen molar-refractivity contribution in [1.29, 1.82) is 0 Å². The Morgan fingerprint density at radius 2 is 1.88 bits per heavy atom. The smallest absolute Gasteiger partial charge is 0.254 e. The summed E-state index contributed by atoms with van der Waals surface area (Å²) in [4.78, 5) is 14.5. The molecule has 0 aliphatic carbocycles. The fourth-order valence-corrected chi connectivity index (χ4v) is 2.96. The van der Waals surface area contributed by atoms with Crippen LogP contribution in [-0.2, 0) is 0 Å². The third kappa shape index (κ3) is 3.94. The van der Waals surface area contributed by atoms with Crippen LogP contribution < -0.4 is 9.47 Å². The first-order valence-electron chi connectivity index (χ1n) is 8.37. The van der Waals surface area contributed by atoms with Gasteiger partial charge >= 0.3 is 0 Å². The zero-order chi connectivity index (χ0) is 17.9. The van der Waals surface area contributed by atoms with Crippen molar-refractivity contribution >= 4 is 5.91 Å². The maximum absolute atomic E-state index is 12.8. The second kappa shape index (κ2) is 7.15. The Kier molecular flexibility index (Phi) is 4.95. The van der Waals surface area contributed by atoms with Crippen molar-refractivity contribution in [2.75, 3.05) is 20.2 Å². The van der Waals surface area contributed by atoms with Gasteiger partial charge in [0.2, 0.25) is 0 Å². The summed E-state index contributed by atoms with van der Waals surface area (Å²) in [6.45, 7) is 2.57. The number of amides is 1. The highest BCUT2D eigenvalue weighted by molar-refractivity contribution is 5.94. The Balaban J connectivity index is 1.76. The van der Waals surface area contributed by atoms with Gasteiger partial charge in [-0.15, -0.1) is 0 Å². The average molecular weight is 341 g/mol. The van der Waals surface area contributed by atoms with E-state index in [1.165, 1.54) is 0 Å². The van der Waals surface area contributed by atoms with Gasteiger partial charge in [0.15, 0.2) is 0 Å². The van der Waals surface area contributed by atoms with Crippen LogP contribution in [0.5, 0.6) is 11.5 Å². The minimum absolute atomic E-state index is 0.0870. The van der Waals surface area contributed by atoms with Crippen molar-refractivity contribution in [3.05, 3.63) is 60.2 Å². The van der Waals surface area contributed by atoms with E-state index in [1.807, 2.05) is 30.3 Å². The lowest BCUT2D eigenvalue weighted by Crippen LogP contribution is -2.57. The molecule has 0 bridgehead atoms. The van der Waals surface area contributed by atoms with Crippen molar-refractivity contribution in [1.82, 2.24) is 4.90 Å². The lowest BCUT2D eigenvalue weighted by molar-refractivity contribution is -0.0881. The number of likely N-dealkylation sites (tertiary alicyclic amines) is 1. The quantitative estimate of drug-likeness (QED) is 0.929. The molecule has 3 rings (SSSR count). The van der Waals surface area contributed by atoms with Gasteiger partial charge in [0.05, 0.1) is 13.7 Å². The number of aliphatic hydroxyl groups is 1. The standard InChI is InChI=1S/C20H23NO4/c1-20(23)11-12-21(14-18(20)25-16-8-4-3-5-9-16)19(22)15-7-6-10-17(13-15)24-2/h3-10,13,18,23H,11-12,14H2,1-2H3/t18-,20-/m1/s1. The van der Waals surface area contributed by atoms with Crippen LogP contribution in [0.4, 0.5) is 0 Å². The van der Waals surface area contributed by atoms with Crippen LogP contribution in [0.15, 0.2) is 54.6 Å². The predicted molar refractivity (Wildman–Crippen MR) is 95.0 cm³/mol. The highest BCUT2D eigenvalue weighted by atomic mass is 16.5. The molecule has 2 aromatic rings. The summed E-state index contributed by atoms with van der Waals surface area (Å²) in [5.41, 5.74) is -0.416. The molecule has 0 aromatic heterocycles. The topological polar surface area (TPSA) is 59.0 Å². The third-order valence-electron chi connectivity index (χ3n) is 4.59. The Bertz CT molecular complexity index is 729. The van der Waals surface area contributed by atoms with Gasteiger partial charge in [-0.1, -0.05) is 24.3 Å². The lowest BCUT2D eigenvalue weighted by atomic mass is 9.90. The lowest BCUT2D eigenvalue weighted by Gasteiger charge is -2.42. The summed E-state index contributed by atoms with van der Waals surface area (Å²) >= 11 is 0. The van der Waals surface area contributed by atoms with Crippen LogP contribution in [0, 0.1) is 0 Å². The Morgan fingerprint density at radius 1 is 1.16 bits per heavy atom. The first kappa shape index (κ1) is 17.3. The van der Waals surface area contributed by atoms with Gasteiger partial charge in [-0.25, -0.2) is 0 Å². The molecule has 2 aromatic carbocycles. The number of hydrogen-bond donors (Lipinski definition) is 1. The second-order valence-corrected chi connectivity index (χ2v) is 6.51. The SMILES string of the molecule is COc1cccc(C(=O)N2CC[C@@](C)(O)[C@H](Oc3ccccc3)C2)c1. The molecule has 132 valence electrons. The van der Waals surface area contributed by atoms with Crippen LogP contribution in [0.2, 0.25) is 0 Å². The van der Waals surface area contributed by atoms with Gasteiger partial charge in [-0.3, -0.25) is 4.79 Å². The first-order valence-corrected chi connectivity index (χ1v) is 8.37. The van der Waals surface area contributed by atoms with Gasteiger partial charge in [0.1, 0.15) is 23.2 Å². The maximum Gasteiger partial charge on any atom is 0.254 e. The summed E-state index contributed by atoms with van der Waals surface area (Å²) in [6, 6.07) is 16.5. The molecule has 2 atom stereocenters. The largest absolute Gasteiger partial charge is 0.497 e. The molecule has 1 N–H and O–H groups in total. The number of rotatable bonds is 4. The minimum Gasteiger partial charge on any atom is -0.497 e. The average Bonchev–Trinajstić information content (AvgIpc) is 2.64. The summed E-state index contributed by atoms with van der Waals surface area (Å²) < 4.78 is 11.2. The summed E-state index contributed by atoms with van der Waals surface area (Å²) in [5, 5.41) is 10.7. The van der Waals surface area contributed by atoms with Gasteiger partial charge in [-0.2, -0.15) is 0 Å². The van der Waals surface area contributed by atoms with Gasteiger partial charge in [0.25, 0.3) is 5.91 Å². The first-order chi connectivity index (χ1) is 12.0. The van der Waals surface area contributed by atoms with Crippen LogP contribution in [0.3, 0.4) is 0 Å². The van der Waals surface area contributed by atoms with E-state index in [2.05, 4.69) is 0 Å². The highest BCUT2D eigenvalue weighted by Crippen LogP contribution is 2.27. The van der Waals surface area contributed by atoms with Gasteiger partial charge < -0.3 is 19.5 Å². The second-order valence-electron chi connectivity index (χ2n) is 6.51. The van der Waals surface area contributed by atoms with Crippen LogP contribution in [0.25, 0.3) is 0 Å². The zero-order valence-electron chi connectivity index (χ0n) is 14.5. The fraction of sp³-hybridized carbons (Fsp3) is 0.350. The molecular weight excluding hydrogens is 318 g/mol. The normalized spacial score (nSPS) is 23.2. The number of hydrogen-bond acceptors (Lipinski definition) is 4. The molecule has 0 radical (unpaired) electrons. The molecule has 1 heterocycles. The summed E-state index contributed by atoms with van der Waals surface area (Å²) in [5.74, 6) is 1.24. The van der Waals surface area contributed by atoms with E-state index in [4.69, 9.17) is 9.47 Å². The zero-order valence-corrected chi connectivity index (χ0v) is 14.5. The molecule has 0 saturated carbocycles. The van der Waals surface area contributed by atoms with E-state index in [0.717, 1.165) is 0 Å². The van der Waals surface area contributed by atoms with Crippen molar-refractivity contribution in [3.8, 4) is 11.5 Å². The molecule has 1 fully saturated rings. The molecule has 1 amide bonds. The van der Waals surface area contributed by atoms with Gasteiger partial charge in [-0.05, 0) is 43.7 Å². The summed E-state index contributed by atoms with van der Waals surface area (Å²) in [6.07, 6.45) is -0.0292. The van der Waals surface area contributed by atoms with Gasteiger partial charge in [0, 0.05) is 12.1 Å². The Morgan fingerprint density at radius 3 is 2.60 bits per heavy atom. The van der Waals surface area contributed by atoms with E-state index in [0.29, 0.717) is 36.6 Å². The number of para-hydroxylation sites is 1. The van der Waals surface area contributed by atoms with E-state index in [1.54, 1.807) is 43.2 Å². The van der Waals surface area contributed by atoms with Crippen molar-refractivity contribution < 1.29 is 19.4 Å². The fourth-order valence-electron chi connectivity index (χ4n) is 2.96. The number of piperidine rings is 1. The maximum atomic E-state index is 12.8. The predicted octanol–water partition coefficient (Wildman–Crippen LogP) is 2.74. The van der Waals surface area contributed by atoms with Crippen LogP contribution in [-0.4, -0.2) is 47.8 Å². The number of benzene rings is 2. The number of nitrogens with zero attached hydrogens (tertiary/aromatic N) is 1. The third-order valence-corrected chi connectivity index (χ3v) is 4.59. The Labute approximate surface area is 147 Å². The molecule has 5 heteroatoms. The molecular formula is C20H23NO4. The number of ether oxygens (including phenoxy) is 2. The number of carbonyl (C=O) groups is 1. The van der Waals surface area contributed by atoms with Crippen LogP contribution in [0.1, 0.15) is 23.7 Å². The highest BCUT2D eigenvalue weighted by Gasteiger charge is 2.41. The van der Waals surface area contributed by atoms with E-state index < -0.39 is 11.7 Å². The molecule has 1 saturated heterocycles. The van der Waals surface area contributed by atoms with E-state index in [9.17, 15) is 9.90 Å². The molecule has 25 heavy (non-hydrogen) atoms. The van der Waals surface area contributed by atoms with E-state index >= 15 is 0 Å². The van der Waals surface area contributed by atoms with Crippen LogP contribution >= 0.6 is 0 Å². The minimum atomic E-state index is -0.985. The van der Waals surface area contributed by atoms with E-state index in [-0.39, 0.29) is 5.91 Å². The molecule has 1 aliphatic heterocycles.